The number of rotatable bonds is 5. The molecule has 2 aliphatic rings. The first-order valence-electron chi connectivity index (χ1n) is 10.9. The number of benzene rings is 2. The molecule has 2 aliphatic heterocycles. The summed E-state index contributed by atoms with van der Waals surface area (Å²) in [5.74, 6) is -0.870. The van der Waals surface area contributed by atoms with E-state index in [9.17, 15) is 13.6 Å². The first-order chi connectivity index (χ1) is 17.0. The van der Waals surface area contributed by atoms with E-state index in [0.29, 0.717) is 35.9 Å². The molecule has 9 nitrogen and oxygen atoms in total. The normalized spacial score (nSPS) is 19.2. The molecule has 2 atom stereocenters. The number of anilines is 1. The fourth-order valence-corrected chi connectivity index (χ4v) is 4.60. The van der Waals surface area contributed by atoms with E-state index in [1.807, 2.05) is 11.1 Å². The summed E-state index contributed by atoms with van der Waals surface area (Å²) >= 11 is 0. The number of ether oxygens (including phenoxy) is 1. The molecule has 4 heterocycles. The van der Waals surface area contributed by atoms with Gasteiger partial charge in [0.1, 0.15) is 11.4 Å². The maximum Gasteiger partial charge on any atom is 0.186 e. The molecule has 0 aliphatic carbocycles. The van der Waals surface area contributed by atoms with Gasteiger partial charge in [-0.15, -0.1) is 0 Å². The second kappa shape index (κ2) is 8.20. The Labute approximate surface area is 198 Å². The van der Waals surface area contributed by atoms with Crippen molar-refractivity contribution in [3.05, 3.63) is 77.9 Å². The Balaban J connectivity index is 1.33. The van der Waals surface area contributed by atoms with E-state index >= 15 is 0 Å². The Morgan fingerprint density at radius 1 is 1.11 bits per heavy atom. The molecule has 2 aromatic heterocycles. The summed E-state index contributed by atoms with van der Waals surface area (Å²) in [6.45, 7) is 1.21. The summed E-state index contributed by atoms with van der Waals surface area (Å²) < 4.78 is 32.5. The lowest BCUT2D eigenvalue weighted by atomic mass is 9.94. The smallest absolute Gasteiger partial charge is 0.186 e. The molecule has 4 aromatic rings. The summed E-state index contributed by atoms with van der Waals surface area (Å²) in [7, 11) is 1.55. The summed E-state index contributed by atoms with van der Waals surface area (Å²) in [6, 6.07) is 6.69. The number of hydrogen-bond acceptors (Lipinski definition) is 8. The first-order valence-corrected chi connectivity index (χ1v) is 10.9. The Morgan fingerprint density at radius 3 is 2.66 bits per heavy atom. The third kappa shape index (κ3) is 3.60. The number of nitrogens with zero attached hydrogens (tertiary/aromatic N) is 6. The topological polar surface area (TPSA) is 98.1 Å². The van der Waals surface area contributed by atoms with E-state index in [1.165, 1.54) is 11.0 Å². The molecule has 0 bridgehead atoms. The van der Waals surface area contributed by atoms with E-state index in [0.717, 1.165) is 17.7 Å². The lowest BCUT2D eigenvalue weighted by Crippen LogP contribution is -2.33. The Kier molecular flexibility index (Phi) is 4.99. The van der Waals surface area contributed by atoms with Gasteiger partial charge in [-0.1, -0.05) is 0 Å². The van der Waals surface area contributed by atoms with Crippen LogP contribution in [0.25, 0.3) is 16.7 Å². The zero-order valence-electron chi connectivity index (χ0n) is 18.5. The van der Waals surface area contributed by atoms with E-state index < -0.39 is 17.7 Å². The number of Topliss-reactive ketones (excluding diaryl/α,β-unsaturated/α-hetero) is 1. The number of fused-ring (bicyclic) bond motifs is 2. The number of hydrogen-bond donors (Lipinski definition) is 1. The Hall–Kier alpha value is -4.25. The van der Waals surface area contributed by atoms with Crippen LogP contribution in [-0.4, -0.2) is 57.0 Å². The van der Waals surface area contributed by atoms with Crippen LogP contribution in [0.15, 0.2) is 60.7 Å². The highest BCUT2D eigenvalue weighted by atomic mass is 19.2. The predicted octanol–water partition coefficient (Wildman–Crippen LogP) is 2.67. The number of carbonyl (C=O) groups is 1. The zero-order valence-corrected chi connectivity index (χ0v) is 18.5. The highest BCUT2D eigenvalue weighted by molar-refractivity contribution is 6.05. The van der Waals surface area contributed by atoms with E-state index in [-0.39, 0.29) is 22.7 Å². The molecule has 0 radical (unpaired) electrons. The van der Waals surface area contributed by atoms with Gasteiger partial charge in [-0.25, -0.2) is 13.8 Å². The van der Waals surface area contributed by atoms with Gasteiger partial charge in [0.05, 0.1) is 42.8 Å². The van der Waals surface area contributed by atoms with Gasteiger partial charge in [0.2, 0.25) is 0 Å². The molecule has 0 spiro atoms. The highest BCUT2D eigenvalue weighted by Crippen LogP contribution is 2.34. The number of carbonyl (C=O) groups excluding carboxylic acids is 1. The molecule has 1 N–H and O–H groups in total. The van der Waals surface area contributed by atoms with Gasteiger partial charge in [0, 0.05) is 49.0 Å². The second-order valence-electron chi connectivity index (χ2n) is 8.37. The average Bonchev–Trinajstić information content (AvgIpc) is 3.61. The molecule has 0 amide bonds. The fourth-order valence-electron chi connectivity index (χ4n) is 4.60. The van der Waals surface area contributed by atoms with Crippen LogP contribution in [0, 0.1) is 17.6 Å². The average molecular weight is 475 g/mol. The van der Waals surface area contributed by atoms with Crippen molar-refractivity contribution in [1.29, 1.82) is 0 Å². The third-order valence-electron chi connectivity index (χ3n) is 6.33. The predicted molar refractivity (Wildman–Crippen MR) is 122 cm³/mol. The summed E-state index contributed by atoms with van der Waals surface area (Å²) in [5.41, 5.74) is 2.44. The van der Waals surface area contributed by atoms with Gasteiger partial charge in [-0.2, -0.15) is 15.0 Å². The minimum atomic E-state index is -0.975. The van der Waals surface area contributed by atoms with E-state index in [4.69, 9.17) is 4.74 Å². The maximum atomic E-state index is 13.7. The van der Waals surface area contributed by atoms with Crippen molar-refractivity contribution in [2.45, 2.75) is 6.04 Å². The van der Waals surface area contributed by atoms with Gasteiger partial charge in [-0.05, 0) is 17.7 Å². The van der Waals surface area contributed by atoms with Crippen LogP contribution in [-0.2, 0) is 0 Å². The number of nitrogens with one attached hydrogen (secondary N) is 1. The van der Waals surface area contributed by atoms with Gasteiger partial charge in [-0.3, -0.25) is 9.78 Å². The lowest BCUT2D eigenvalue weighted by molar-refractivity contribution is 0.0966. The maximum absolute atomic E-state index is 13.7. The molecule has 35 heavy (non-hydrogen) atoms. The van der Waals surface area contributed by atoms with E-state index in [1.54, 1.807) is 37.7 Å². The van der Waals surface area contributed by atoms with Crippen LogP contribution in [0.1, 0.15) is 10.4 Å². The number of halogens is 2. The van der Waals surface area contributed by atoms with Crippen molar-refractivity contribution in [1.82, 2.24) is 30.3 Å². The lowest BCUT2D eigenvalue weighted by Gasteiger charge is -2.17. The third-order valence-corrected chi connectivity index (χ3v) is 6.33. The van der Waals surface area contributed by atoms with Crippen molar-refractivity contribution in [2.75, 3.05) is 25.1 Å². The molecule has 2 unspecified atom stereocenters. The molecular weight excluding hydrogens is 456 g/mol. The summed E-state index contributed by atoms with van der Waals surface area (Å²) in [6.07, 6.45) is 6.49. The van der Waals surface area contributed by atoms with Gasteiger partial charge < -0.3 is 15.0 Å². The second-order valence-corrected chi connectivity index (χ2v) is 8.37. The van der Waals surface area contributed by atoms with Crippen LogP contribution >= 0.6 is 0 Å². The van der Waals surface area contributed by atoms with Crippen LogP contribution < -0.4 is 15.0 Å². The van der Waals surface area contributed by atoms with Crippen LogP contribution in [0.5, 0.6) is 5.75 Å². The minimum Gasteiger partial charge on any atom is -0.497 e. The highest BCUT2D eigenvalue weighted by Gasteiger charge is 2.40. The number of ketones is 1. The Bertz CT molecular complexity index is 1490. The monoisotopic (exact) mass is 475 g/mol. The molecule has 176 valence electrons. The summed E-state index contributed by atoms with van der Waals surface area (Å²) in [5, 5.41) is 11.7. The first kappa shape index (κ1) is 21.3. The molecule has 2 aromatic carbocycles. The van der Waals surface area contributed by atoms with E-state index in [2.05, 4.69) is 25.5 Å². The quantitative estimate of drug-likeness (QED) is 0.440. The summed E-state index contributed by atoms with van der Waals surface area (Å²) in [4.78, 5) is 25.6. The van der Waals surface area contributed by atoms with Crippen molar-refractivity contribution >= 4 is 22.6 Å². The molecule has 1 saturated heterocycles. The van der Waals surface area contributed by atoms with Crippen LogP contribution in [0.3, 0.4) is 0 Å². The molecule has 11 heteroatoms. The molecule has 1 fully saturated rings. The van der Waals surface area contributed by atoms with Crippen LogP contribution in [0.4, 0.5) is 14.6 Å². The Morgan fingerprint density at radius 2 is 1.89 bits per heavy atom. The largest absolute Gasteiger partial charge is 0.497 e. The fraction of sp³-hybridized carbons (Fsp3) is 0.208. The minimum absolute atomic E-state index is 0.0935. The SMILES string of the molecule is COc1ccc(C(=O)C2NCC3CN(c4cnc5cc(F)c(F)cc5n4)C=C32)c(-n2nccn2)c1. The van der Waals surface area contributed by atoms with Gasteiger partial charge >= 0.3 is 0 Å². The standard InChI is InChI=1S/C24H19F2N7O2/c1-35-14-2-3-15(21(6-14)33-29-4-5-30-33)24(34)23-16-12-32(11-13(16)9-28-23)22-10-27-19-7-17(25)18(26)8-20(19)31-22/h2-8,10,12-13,23,28H,9,11H2,1H3. The van der Waals surface area contributed by atoms with Gasteiger partial charge in [0.25, 0.3) is 0 Å². The van der Waals surface area contributed by atoms with Crippen molar-refractivity contribution in [2.24, 2.45) is 5.92 Å². The molecular formula is C24H19F2N7O2. The van der Waals surface area contributed by atoms with Gasteiger partial charge in [0.15, 0.2) is 23.2 Å². The van der Waals surface area contributed by atoms with Crippen LogP contribution in [0.2, 0.25) is 0 Å². The molecule has 0 saturated carbocycles. The van der Waals surface area contributed by atoms with Crippen molar-refractivity contribution in [3.8, 4) is 11.4 Å². The number of methoxy groups -OCH3 is 1. The van der Waals surface area contributed by atoms with Crippen molar-refractivity contribution in [3.63, 3.8) is 0 Å². The van der Waals surface area contributed by atoms with Crippen molar-refractivity contribution < 1.29 is 18.3 Å². The number of aromatic nitrogens is 5. The zero-order chi connectivity index (χ0) is 24.1. The molecule has 6 rings (SSSR count).